The lowest BCUT2D eigenvalue weighted by Gasteiger charge is -2.32. The van der Waals surface area contributed by atoms with Gasteiger partial charge in [-0.2, -0.15) is 0 Å². The van der Waals surface area contributed by atoms with Gasteiger partial charge in [0.25, 0.3) is 0 Å². The van der Waals surface area contributed by atoms with Crippen LogP contribution in [0, 0.1) is 11.7 Å². The summed E-state index contributed by atoms with van der Waals surface area (Å²) in [4.78, 5) is 28.4. The first-order chi connectivity index (χ1) is 16.2. The molecule has 3 heterocycles. The molecule has 1 fully saturated rings. The number of piperidine rings is 1. The Hall–Kier alpha value is -3.81. The largest absolute Gasteiger partial charge is 0.347 e. The number of benzene rings is 2. The summed E-state index contributed by atoms with van der Waals surface area (Å²) in [6.07, 6.45) is 6.70. The van der Waals surface area contributed by atoms with Gasteiger partial charge in [-0.3, -0.25) is 4.79 Å². The molecule has 5 rings (SSSR count). The van der Waals surface area contributed by atoms with Crippen LogP contribution >= 0.6 is 0 Å². The summed E-state index contributed by atoms with van der Waals surface area (Å²) in [5, 5.41) is 3.22. The van der Waals surface area contributed by atoms with Crippen molar-refractivity contribution in [1.82, 2.24) is 24.8 Å². The number of nitrogens with zero attached hydrogens (tertiary/aromatic N) is 5. The van der Waals surface area contributed by atoms with E-state index in [0.29, 0.717) is 12.5 Å². The third-order valence-corrected chi connectivity index (χ3v) is 6.20. The molecular weight excluding hydrogens is 419 g/mol. The van der Waals surface area contributed by atoms with Gasteiger partial charge >= 0.3 is 0 Å². The van der Waals surface area contributed by atoms with Crippen LogP contribution in [0.25, 0.3) is 11.0 Å². The van der Waals surface area contributed by atoms with Crippen molar-refractivity contribution in [2.24, 2.45) is 5.92 Å². The number of fused-ring (bicyclic) bond motifs is 1. The number of nitrogens with one attached hydrogen (secondary N) is 1. The minimum atomic E-state index is -0.300. The number of aromatic nitrogens is 4. The topological polar surface area (TPSA) is 75.9 Å². The predicted molar refractivity (Wildman–Crippen MR) is 124 cm³/mol. The molecular formula is C25H25FN6O. The highest BCUT2D eigenvalue weighted by Gasteiger charge is 2.28. The fourth-order valence-corrected chi connectivity index (χ4v) is 4.37. The zero-order chi connectivity index (χ0) is 22.6. The molecule has 8 heteroatoms. The van der Waals surface area contributed by atoms with Crippen LogP contribution in [-0.2, 0) is 11.3 Å². The van der Waals surface area contributed by atoms with Crippen LogP contribution in [-0.4, -0.2) is 38.5 Å². The first-order valence-corrected chi connectivity index (χ1v) is 11.1. The van der Waals surface area contributed by atoms with Crippen LogP contribution in [0.1, 0.15) is 24.4 Å². The number of imidazole rings is 1. The van der Waals surface area contributed by atoms with Crippen molar-refractivity contribution < 1.29 is 9.18 Å². The number of para-hydroxylation sites is 2. The molecule has 0 saturated carbocycles. The lowest BCUT2D eigenvalue weighted by molar-refractivity contribution is -0.126. The quantitative estimate of drug-likeness (QED) is 0.490. The number of hydrogen-bond acceptors (Lipinski definition) is 5. The van der Waals surface area contributed by atoms with Gasteiger partial charge in [-0.05, 0) is 48.7 Å². The van der Waals surface area contributed by atoms with E-state index in [-0.39, 0.29) is 23.7 Å². The van der Waals surface area contributed by atoms with E-state index < -0.39 is 0 Å². The van der Waals surface area contributed by atoms with Crippen molar-refractivity contribution in [2.45, 2.75) is 25.4 Å². The van der Waals surface area contributed by atoms with Gasteiger partial charge in [0, 0.05) is 37.9 Å². The Morgan fingerprint density at radius 2 is 1.73 bits per heavy atom. The van der Waals surface area contributed by atoms with Gasteiger partial charge in [-0.1, -0.05) is 24.3 Å². The highest BCUT2D eigenvalue weighted by molar-refractivity contribution is 5.79. The number of rotatable bonds is 6. The Morgan fingerprint density at radius 3 is 2.48 bits per heavy atom. The third-order valence-electron chi connectivity index (χ3n) is 6.20. The molecule has 0 aliphatic carbocycles. The number of carbonyl (C=O) groups is 1. The third kappa shape index (κ3) is 4.69. The van der Waals surface area contributed by atoms with Gasteiger partial charge in [-0.15, -0.1) is 0 Å². The van der Waals surface area contributed by atoms with Crippen LogP contribution < -0.4 is 10.2 Å². The van der Waals surface area contributed by atoms with Gasteiger partial charge in [0.1, 0.15) is 5.82 Å². The van der Waals surface area contributed by atoms with Crippen LogP contribution in [0.5, 0.6) is 0 Å². The number of anilines is 1. The second-order valence-electron chi connectivity index (χ2n) is 8.31. The SMILES string of the molecule is O=C(NC(Cn1cnc2ccccc21)c1ccc(F)cc1)C1CCN(c2ncccn2)CC1. The van der Waals surface area contributed by atoms with E-state index in [1.54, 1.807) is 36.9 Å². The zero-order valence-electron chi connectivity index (χ0n) is 18.1. The molecule has 33 heavy (non-hydrogen) atoms. The molecule has 1 amide bonds. The molecule has 0 radical (unpaired) electrons. The Morgan fingerprint density at radius 1 is 1.00 bits per heavy atom. The fourth-order valence-electron chi connectivity index (χ4n) is 4.37. The molecule has 7 nitrogen and oxygen atoms in total. The Kier molecular flexibility index (Phi) is 5.97. The van der Waals surface area contributed by atoms with Gasteiger partial charge in [0.15, 0.2) is 0 Å². The number of amides is 1. The van der Waals surface area contributed by atoms with Crippen molar-refractivity contribution >= 4 is 22.9 Å². The van der Waals surface area contributed by atoms with E-state index in [0.717, 1.165) is 42.5 Å². The molecule has 168 valence electrons. The lowest BCUT2D eigenvalue weighted by Crippen LogP contribution is -2.42. The van der Waals surface area contributed by atoms with E-state index in [1.807, 2.05) is 28.8 Å². The standard InChI is InChI=1S/C25H25FN6O/c26-20-8-6-18(7-9-20)22(16-32-17-29-21-4-1-2-5-23(21)32)30-24(33)19-10-14-31(15-11-19)25-27-12-3-13-28-25/h1-9,12-13,17,19,22H,10-11,14-16H2,(H,30,33). The van der Waals surface area contributed by atoms with Crippen molar-refractivity contribution in [2.75, 3.05) is 18.0 Å². The minimum Gasteiger partial charge on any atom is -0.347 e. The van der Waals surface area contributed by atoms with Crippen LogP contribution in [0.4, 0.5) is 10.3 Å². The summed E-state index contributed by atoms with van der Waals surface area (Å²) in [5.41, 5.74) is 2.75. The van der Waals surface area contributed by atoms with Gasteiger partial charge in [0.05, 0.1) is 23.4 Å². The molecule has 2 aromatic heterocycles. The summed E-state index contributed by atoms with van der Waals surface area (Å²) < 4.78 is 15.6. The van der Waals surface area contributed by atoms with E-state index in [4.69, 9.17) is 0 Å². The van der Waals surface area contributed by atoms with Crippen molar-refractivity contribution in [3.8, 4) is 0 Å². The van der Waals surface area contributed by atoms with E-state index in [1.165, 1.54) is 12.1 Å². The second kappa shape index (κ2) is 9.36. The minimum absolute atomic E-state index is 0.0161. The van der Waals surface area contributed by atoms with Crippen LogP contribution in [0.15, 0.2) is 73.3 Å². The average Bonchev–Trinajstić information content (AvgIpc) is 3.27. The average molecular weight is 445 g/mol. The zero-order valence-corrected chi connectivity index (χ0v) is 18.1. The fraction of sp³-hybridized carbons (Fsp3) is 0.280. The number of hydrogen-bond donors (Lipinski definition) is 1. The van der Waals surface area contributed by atoms with Crippen LogP contribution in [0.3, 0.4) is 0 Å². The highest BCUT2D eigenvalue weighted by Crippen LogP contribution is 2.24. The lowest BCUT2D eigenvalue weighted by atomic mass is 9.95. The van der Waals surface area contributed by atoms with E-state index in [2.05, 4.69) is 25.2 Å². The van der Waals surface area contributed by atoms with Crippen LogP contribution in [0.2, 0.25) is 0 Å². The van der Waals surface area contributed by atoms with Crippen molar-refractivity contribution in [3.63, 3.8) is 0 Å². The van der Waals surface area contributed by atoms with E-state index >= 15 is 0 Å². The monoisotopic (exact) mass is 444 g/mol. The maximum absolute atomic E-state index is 13.5. The van der Waals surface area contributed by atoms with Crippen molar-refractivity contribution in [1.29, 1.82) is 0 Å². The number of halogens is 1. The normalized spacial score (nSPS) is 15.5. The van der Waals surface area contributed by atoms with Crippen molar-refractivity contribution in [3.05, 3.63) is 84.7 Å². The molecule has 1 N–H and O–H groups in total. The molecule has 2 aromatic carbocycles. The molecule has 1 atom stereocenters. The smallest absolute Gasteiger partial charge is 0.225 e. The first kappa shape index (κ1) is 21.1. The van der Waals surface area contributed by atoms with Gasteiger partial charge in [0.2, 0.25) is 11.9 Å². The summed E-state index contributed by atoms with van der Waals surface area (Å²) >= 11 is 0. The number of carbonyl (C=O) groups excluding carboxylic acids is 1. The predicted octanol–water partition coefficient (Wildman–Crippen LogP) is 3.74. The summed E-state index contributed by atoms with van der Waals surface area (Å²) in [5.74, 6) is 0.328. The maximum atomic E-state index is 13.5. The molecule has 1 aliphatic rings. The molecule has 1 unspecified atom stereocenters. The molecule has 0 spiro atoms. The highest BCUT2D eigenvalue weighted by atomic mass is 19.1. The van der Waals surface area contributed by atoms with Gasteiger partial charge in [-0.25, -0.2) is 19.3 Å². The Balaban J connectivity index is 1.31. The molecule has 0 bridgehead atoms. The van der Waals surface area contributed by atoms with E-state index in [9.17, 15) is 9.18 Å². The Bertz CT molecular complexity index is 1220. The summed E-state index contributed by atoms with van der Waals surface area (Å²) in [6, 6.07) is 15.7. The molecule has 4 aromatic rings. The molecule has 1 saturated heterocycles. The van der Waals surface area contributed by atoms with Gasteiger partial charge < -0.3 is 14.8 Å². The summed E-state index contributed by atoms with van der Waals surface area (Å²) in [6.45, 7) is 1.97. The summed E-state index contributed by atoms with van der Waals surface area (Å²) in [7, 11) is 0. The first-order valence-electron chi connectivity index (χ1n) is 11.1. The second-order valence-corrected chi connectivity index (χ2v) is 8.31. The maximum Gasteiger partial charge on any atom is 0.225 e. The molecule has 1 aliphatic heterocycles. The Labute approximate surface area is 191 Å².